The van der Waals surface area contributed by atoms with E-state index in [1.54, 1.807) is 0 Å². The SMILES string of the molecule is CCC(O)C(C)(C)Cc1ccccc1. The number of benzene rings is 1. The van der Waals surface area contributed by atoms with E-state index in [4.69, 9.17) is 0 Å². The molecule has 0 spiro atoms. The molecule has 78 valence electrons. The molecule has 1 aromatic rings. The minimum atomic E-state index is -0.220. The predicted octanol–water partition coefficient (Wildman–Crippen LogP) is 3.03. The minimum Gasteiger partial charge on any atom is -0.393 e. The van der Waals surface area contributed by atoms with Gasteiger partial charge in [-0.05, 0) is 23.8 Å². The van der Waals surface area contributed by atoms with Gasteiger partial charge < -0.3 is 5.11 Å². The van der Waals surface area contributed by atoms with Crippen LogP contribution in [0.25, 0.3) is 0 Å². The van der Waals surface area contributed by atoms with Crippen LogP contribution >= 0.6 is 0 Å². The molecule has 0 aliphatic heterocycles. The largest absolute Gasteiger partial charge is 0.393 e. The first-order valence-corrected chi connectivity index (χ1v) is 5.28. The molecular weight excluding hydrogens is 172 g/mol. The Morgan fingerprint density at radius 3 is 2.29 bits per heavy atom. The summed E-state index contributed by atoms with van der Waals surface area (Å²) in [5.41, 5.74) is 1.26. The highest BCUT2D eigenvalue weighted by Gasteiger charge is 2.26. The normalized spacial score (nSPS) is 14.0. The standard InChI is InChI=1S/C13H20O/c1-4-12(14)13(2,3)10-11-8-6-5-7-9-11/h5-9,12,14H,4,10H2,1-3H3. The van der Waals surface area contributed by atoms with Crippen molar-refractivity contribution in [1.29, 1.82) is 0 Å². The monoisotopic (exact) mass is 192 g/mol. The molecule has 1 rings (SSSR count). The van der Waals surface area contributed by atoms with Crippen LogP contribution in [0.2, 0.25) is 0 Å². The fraction of sp³-hybridized carbons (Fsp3) is 0.538. The number of rotatable bonds is 4. The summed E-state index contributed by atoms with van der Waals surface area (Å²) in [7, 11) is 0. The second kappa shape index (κ2) is 4.61. The van der Waals surface area contributed by atoms with Crippen LogP contribution in [0.15, 0.2) is 30.3 Å². The second-order valence-electron chi connectivity index (χ2n) is 4.58. The van der Waals surface area contributed by atoms with Crippen LogP contribution in [-0.4, -0.2) is 11.2 Å². The van der Waals surface area contributed by atoms with E-state index >= 15 is 0 Å². The molecule has 1 aromatic carbocycles. The smallest absolute Gasteiger partial charge is 0.0591 e. The van der Waals surface area contributed by atoms with Crippen molar-refractivity contribution in [1.82, 2.24) is 0 Å². The van der Waals surface area contributed by atoms with Crippen molar-refractivity contribution < 1.29 is 5.11 Å². The van der Waals surface area contributed by atoms with E-state index in [0.29, 0.717) is 0 Å². The Morgan fingerprint density at radius 1 is 1.21 bits per heavy atom. The van der Waals surface area contributed by atoms with E-state index in [1.807, 2.05) is 25.1 Å². The molecular formula is C13H20O. The molecule has 0 bridgehead atoms. The maximum atomic E-state index is 9.85. The van der Waals surface area contributed by atoms with Crippen LogP contribution in [0, 0.1) is 5.41 Å². The Hall–Kier alpha value is -0.820. The lowest BCUT2D eigenvalue weighted by molar-refractivity contribution is 0.0474. The van der Waals surface area contributed by atoms with Gasteiger partial charge in [0, 0.05) is 0 Å². The van der Waals surface area contributed by atoms with Gasteiger partial charge in [0.05, 0.1) is 6.10 Å². The molecule has 0 fully saturated rings. The minimum absolute atomic E-state index is 0.0316. The van der Waals surface area contributed by atoms with Crippen molar-refractivity contribution in [3.05, 3.63) is 35.9 Å². The molecule has 1 unspecified atom stereocenters. The fourth-order valence-electron chi connectivity index (χ4n) is 1.79. The van der Waals surface area contributed by atoms with Gasteiger partial charge >= 0.3 is 0 Å². The van der Waals surface area contributed by atoms with Gasteiger partial charge in [-0.3, -0.25) is 0 Å². The lowest BCUT2D eigenvalue weighted by atomic mass is 9.79. The Kier molecular flexibility index (Phi) is 3.70. The predicted molar refractivity (Wildman–Crippen MR) is 60.2 cm³/mol. The average molecular weight is 192 g/mol. The van der Waals surface area contributed by atoms with Crippen molar-refractivity contribution in [3.63, 3.8) is 0 Å². The summed E-state index contributed by atoms with van der Waals surface area (Å²) >= 11 is 0. The van der Waals surface area contributed by atoms with Crippen LogP contribution in [0.1, 0.15) is 32.8 Å². The fourth-order valence-corrected chi connectivity index (χ4v) is 1.79. The number of aliphatic hydroxyl groups excluding tert-OH is 1. The molecule has 0 radical (unpaired) electrons. The third-order valence-electron chi connectivity index (χ3n) is 2.79. The Morgan fingerprint density at radius 2 is 1.79 bits per heavy atom. The average Bonchev–Trinajstić information content (AvgIpc) is 2.17. The van der Waals surface area contributed by atoms with Crippen LogP contribution < -0.4 is 0 Å². The van der Waals surface area contributed by atoms with Gasteiger partial charge in [0.2, 0.25) is 0 Å². The molecule has 0 heterocycles. The van der Waals surface area contributed by atoms with E-state index in [9.17, 15) is 5.11 Å². The summed E-state index contributed by atoms with van der Waals surface area (Å²) in [5.74, 6) is 0. The van der Waals surface area contributed by atoms with E-state index in [1.165, 1.54) is 5.56 Å². The molecule has 1 N–H and O–H groups in total. The summed E-state index contributed by atoms with van der Waals surface area (Å²) in [6, 6.07) is 10.3. The summed E-state index contributed by atoms with van der Waals surface area (Å²) < 4.78 is 0. The van der Waals surface area contributed by atoms with E-state index < -0.39 is 0 Å². The summed E-state index contributed by atoms with van der Waals surface area (Å²) in [5, 5.41) is 9.85. The molecule has 0 saturated heterocycles. The van der Waals surface area contributed by atoms with Gasteiger partial charge in [0.25, 0.3) is 0 Å². The van der Waals surface area contributed by atoms with Crippen molar-refractivity contribution in [2.75, 3.05) is 0 Å². The molecule has 1 heteroatoms. The summed E-state index contributed by atoms with van der Waals surface area (Å²) in [6.45, 7) is 6.26. The molecule has 0 aromatic heterocycles. The second-order valence-corrected chi connectivity index (χ2v) is 4.58. The van der Waals surface area contributed by atoms with Crippen molar-refractivity contribution in [3.8, 4) is 0 Å². The maximum absolute atomic E-state index is 9.85. The zero-order valence-electron chi connectivity index (χ0n) is 9.33. The Bertz CT molecular complexity index is 264. The van der Waals surface area contributed by atoms with Crippen LogP contribution in [0.4, 0.5) is 0 Å². The molecule has 1 nitrogen and oxygen atoms in total. The zero-order valence-corrected chi connectivity index (χ0v) is 9.33. The Labute approximate surface area is 86.8 Å². The summed E-state index contributed by atoms with van der Waals surface area (Å²) in [6.07, 6.45) is 1.53. The van der Waals surface area contributed by atoms with Crippen molar-refractivity contribution in [2.45, 2.75) is 39.7 Å². The third-order valence-corrected chi connectivity index (χ3v) is 2.79. The third kappa shape index (κ3) is 2.85. The van der Waals surface area contributed by atoms with Crippen LogP contribution in [-0.2, 0) is 6.42 Å². The zero-order chi connectivity index (χ0) is 10.6. The van der Waals surface area contributed by atoms with Gasteiger partial charge in [-0.2, -0.15) is 0 Å². The van der Waals surface area contributed by atoms with E-state index in [-0.39, 0.29) is 11.5 Å². The number of hydrogen-bond acceptors (Lipinski definition) is 1. The highest BCUT2D eigenvalue weighted by Crippen LogP contribution is 2.27. The van der Waals surface area contributed by atoms with Gasteiger partial charge in [0.1, 0.15) is 0 Å². The lowest BCUT2D eigenvalue weighted by Crippen LogP contribution is -2.30. The van der Waals surface area contributed by atoms with Crippen molar-refractivity contribution >= 4 is 0 Å². The molecule has 14 heavy (non-hydrogen) atoms. The van der Waals surface area contributed by atoms with Gasteiger partial charge in [-0.15, -0.1) is 0 Å². The van der Waals surface area contributed by atoms with Crippen molar-refractivity contribution in [2.24, 2.45) is 5.41 Å². The lowest BCUT2D eigenvalue weighted by Gasteiger charge is -2.30. The number of aliphatic hydroxyl groups is 1. The number of hydrogen-bond donors (Lipinski definition) is 1. The maximum Gasteiger partial charge on any atom is 0.0591 e. The summed E-state index contributed by atoms with van der Waals surface area (Å²) in [4.78, 5) is 0. The van der Waals surface area contributed by atoms with E-state index in [2.05, 4.69) is 26.0 Å². The first-order valence-electron chi connectivity index (χ1n) is 5.28. The molecule has 0 aliphatic rings. The van der Waals surface area contributed by atoms with Gasteiger partial charge in [0.15, 0.2) is 0 Å². The highest BCUT2D eigenvalue weighted by atomic mass is 16.3. The van der Waals surface area contributed by atoms with Gasteiger partial charge in [-0.1, -0.05) is 51.1 Å². The molecule has 0 saturated carbocycles. The van der Waals surface area contributed by atoms with E-state index in [0.717, 1.165) is 12.8 Å². The first kappa shape index (κ1) is 11.3. The molecule has 1 atom stereocenters. The Balaban J connectivity index is 2.68. The van der Waals surface area contributed by atoms with Crippen LogP contribution in [0.5, 0.6) is 0 Å². The topological polar surface area (TPSA) is 20.2 Å². The van der Waals surface area contributed by atoms with Gasteiger partial charge in [-0.25, -0.2) is 0 Å². The van der Waals surface area contributed by atoms with Crippen LogP contribution in [0.3, 0.4) is 0 Å². The molecule has 0 amide bonds. The first-order chi connectivity index (χ1) is 6.56. The quantitative estimate of drug-likeness (QED) is 0.777. The highest BCUT2D eigenvalue weighted by molar-refractivity contribution is 5.16. The molecule has 0 aliphatic carbocycles.